The minimum atomic E-state index is -0.183. The van der Waals surface area contributed by atoms with Crippen LogP contribution in [0.4, 0.5) is 0 Å². The van der Waals surface area contributed by atoms with Gasteiger partial charge in [-0.1, -0.05) is 48.5 Å². The Hall–Kier alpha value is -4.97. The van der Waals surface area contributed by atoms with Crippen LogP contribution in [0.1, 0.15) is 22.3 Å². The summed E-state index contributed by atoms with van der Waals surface area (Å²) in [6.07, 6.45) is 2.47. The normalized spacial score (nSPS) is 14.5. The smallest absolute Gasteiger partial charge is 0.259 e. The predicted octanol–water partition coefficient (Wildman–Crippen LogP) is 5.55. The highest BCUT2D eigenvalue weighted by atomic mass is 16.3. The maximum Gasteiger partial charge on any atom is 0.259 e. The number of hydrogen-bond acceptors (Lipinski definition) is 5. The highest BCUT2D eigenvalue weighted by molar-refractivity contribution is 6.34. The van der Waals surface area contributed by atoms with Gasteiger partial charge in [0.15, 0.2) is 0 Å². The average Bonchev–Trinajstić information content (AvgIpc) is 3.17. The van der Waals surface area contributed by atoms with Gasteiger partial charge < -0.3 is 25.3 Å². The zero-order valence-electron chi connectivity index (χ0n) is 19.9. The van der Waals surface area contributed by atoms with Crippen molar-refractivity contribution < 1.29 is 25.2 Å². The van der Waals surface area contributed by atoms with Gasteiger partial charge in [-0.3, -0.25) is 4.79 Å². The van der Waals surface area contributed by atoms with Gasteiger partial charge in [-0.25, -0.2) is 0 Å². The van der Waals surface area contributed by atoms with Crippen LogP contribution in [-0.2, 0) is 11.2 Å². The second-order valence-electron chi connectivity index (χ2n) is 8.84. The fourth-order valence-corrected chi connectivity index (χ4v) is 4.43. The highest BCUT2D eigenvalue weighted by Gasteiger charge is 2.36. The summed E-state index contributed by atoms with van der Waals surface area (Å²) >= 11 is 0. The number of aromatic hydroxyl groups is 4. The molecule has 37 heavy (non-hydrogen) atoms. The molecule has 0 bridgehead atoms. The first-order valence-electron chi connectivity index (χ1n) is 11.8. The number of rotatable bonds is 6. The zero-order chi connectivity index (χ0) is 25.9. The molecular weight excluding hydrogens is 466 g/mol. The van der Waals surface area contributed by atoms with Gasteiger partial charge in [0, 0.05) is 12.1 Å². The van der Waals surface area contributed by atoms with E-state index in [1.165, 1.54) is 0 Å². The number of phenolic OH excluding ortho intramolecular Hbond substituents is 4. The Kier molecular flexibility index (Phi) is 6.39. The van der Waals surface area contributed by atoms with Crippen LogP contribution in [0.2, 0.25) is 0 Å². The van der Waals surface area contributed by atoms with Crippen molar-refractivity contribution in [2.75, 3.05) is 6.54 Å². The second kappa shape index (κ2) is 9.95. The van der Waals surface area contributed by atoms with E-state index in [2.05, 4.69) is 0 Å². The molecule has 0 aliphatic carbocycles. The molecule has 1 aliphatic heterocycles. The lowest BCUT2D eigenvalue weighted by Crippen LogP contribution is -2.28. The van der Waals surface area contributed by atoms with E-state index in [-0.39, 0.29) is 28.9 Å². The lowest BCUT2D eigenvalue weighted by Gasteiger charge is -2.21. The largest absolute Gasteiger partial charge is 0.508 e. The molecule has 4 aromatic rings. The topological polar surface area (TPSA) is 101 Å². The van der Waals surface area contributed by atoms with Crippen molar-refractivity contribution in [3.05, 3.63) is 125 Å². The molecule has 0 unspecified atom stereocenters. The maximum absolute atomic E-state index is 14.0. The first-order chi connectivity index (χ1) is 17.9. The van der Waals surface area contributed by atoms with Crippen molar-refractivity contribution in [1.82, 2.24) is 4.90 Å². The Morgan fingerprint density at radius 2 is 1.00 bits per heavy atom. The molecule has 4 N–H and O–H groups in total. The number of allylic oxidation sites excluding steroid dienone is 1. The number of benzene rings is 4. The Morgan fingerprint density at radius 3 is 1.51 bits per heavy atom. The van der Waals surface area contributed by atoms with Crippen LogP contribution in [0.5, 0.6) is 23.0 Å². The quantitative estimate of drug-likeness (QED) is 0.284. The van der Waals surface area contributed by atoms with Gasteiger partial charge in [0.25, 0.3) is 5.91 Å². The van der Waals surface area contributed by atoms with Crippen molar-refractivity contribution in [3.63, 3.8) is 0 Å². The summed E-state index contributed by atoms with van der Waals surface area (Å²) < 4.78 is 0. The molecule has 4 aromatic carbocycles. The molecule has 1 aliphatic rings. The summed E-state index contributed by atoms with van der Waals surface area (Å²) in [4.78, 5) is 15.7. The van der Waals surface area contributed by atoms with Crippen LogP contribution < -0.4 is 0 Å². The third-order valence-electron chi connectivity index (χ3n) is 6.32. The summed E-state index contributed by atoms with van der Waals surface area (Å²) in [7, 11) is 0. The molecule has 6 heteroatoms. The summed E-state index contributed by atoms with van der Waals surface area (Å²) in [5.74, 6) is 0.364. The van der Waals surface area contributed by atoms with E-state index in [9.17, 15) is 25.2 Å². The van der Waals surface area contributed by atoms with Crippen molar-refractivity contribution >= 4 is 23.1 Å². The van der Waals surface area contributed by atoms with E-state index in [0.29, 0.717) is 35.4 Å². The Labute approximate surface area is 214 Å². The summed E-state index contributed by atoms with van der Waals surface area (Å²) in [6, 6.07) is 26.9. The lowest BCUT2D eigenvalue weighted by atomic mass is 9.94. The monoisotopic (exact) mass is 491 g/mol. The Balaban J connectivity index is 1.66. The van der Waals surface area contributed by atoms with Gasteiger partial charge in [-0.05, 0) is 83.3 Å². The zero-order valence-corrected chi connectivity index (χ0v) is 19.9. The van der Waals surface area contributed by atoms with E-state index in [4.69, 9.17) is 0 Å². The lowest BCUT2D eigenvalue weighted by molar-refractivity contribution is -0.122. The van der Waals surface area contributed by atoms with Gasteiger partial charge in [0.05, 0.1) is 11.3 Å². The van der Waals surface area contributed by atoms with Gasteiger partial charge in [-0.15, -0.1) is 0 Å². The molecule has 184 valence electrons. The Morgan fingerprint density at radius 1 is 0.568 bits per heavy atom. The van der Waals surface area contributed by atoms with Crippen molar-refractivity contribution in [2.24, 2.45) is 0 Å². The molecule has 0 saturated carbocycles. The number of hydrogen-bond donors (Lipinski definition) is 4. The first kappa shape index (κ1) is 23.8. The summed E-state index contributed by atoms with van der Waals surface area (Å²) in [6.45, 7) is 0.386. The number of phenols is 4. The second-order valence-corrected chi connectivity index (χ2v) is 8.84. The minimum Gasteiger partial charge on any atom is -0.508 e. The Bertz CT molecular complexity index is 1480. The molecule has 6 nitrogen and oxygen atoms in total. The molecule has 5 rings (SSSR count). The fourth-order valence-electron chi connectivity index (χ4n) is 4.43. The van der Waals surface area contributed by atoms with Crippen LogP contribution >= 0.6 is 0 Å². The van der Waals surface area contributed by atoms with Gasteiger partial charge in [0.2, 0.25) is 0 Å². The van der Waals surface area contributed by atoms with Crippen LogP contribution in [-0.4, -0.2) is 37.8 Å². The molecule has 0 saturated heterocycles. The van der Waals surface area contributed by atoms with E-state index >= 15 is 0 Å². The van der Waals surface area contributed by atoms with E-state index < -0.39 is 0 Å². The third-order valence-corrected chi connectivity index (χ3v) is 6.32. The molecule has 0 radical (unpaired) electrons. The van der Waals surface area contributed by atoms with Crippen LogP contribution in [0.3, 0.4) is 0 Å². The number of carbonyl (C=O) groups excluding carboxylic acids is 1. The average molecular weight is 492 g/mol. The minimum absolute atomic E-state index is 0.102. The molecule has 0 fully saturated rings. The van der Waals surface area contributed by atoms with Crippen molar-refractivity contribution in [3.8, 4) is 23.0 Å². The predicted molar refractivity (Wildman–Crippen MR) is 143 cm³/mol. The standard InChI is InChI=1S/C31H25NO5/c33-24-9-1-20(2-10-24)17-18-32-28(19-21-3-11-25(34)12-4-21)29(22-5-13-26(35)14-6-22)30(31(32)37)23-7-15-27(36)16-8-23/h1-16,19,33-36H,17-18H2. The molecule has 0 spiro atoms. The van der Waals surface area contributed by atoms with Crippen LogP contribution in [0, 0.1) is 0 Å². The number of carbonyl (C=O) groups is 1. The number of nitrogens with zero attached hydrogens (tertiary/aromatic N) is 1. The highest BCUT2D eigenvalue weighted by Crippen LogP contribution is 2.43. The molecule has 0 aromatic heterocycles. The summed E-state index contributed by atoms with van der Waals surface area (Å²) in [5, 5.41) is 39.1. The van der Waals surface area contributed by atoms with E-state index in [1.54, 1.807) is 89.8 Å². The van der Waals surface area contributed by atoms with E-state index in [0.717, 1.165) is 16.7 Å². The van der Waals surface area contributed by atoms with Gasteiger partial charge >= 0.3 is 0 Å². The molecule has 1 heterocycles. The molecule has 1 amide bonds. The first-order valence-corrected chi connectivity index (χ1v) is 11.8. The molecule has 0 atom stereocenters. The van der Waals surface area contributed by atoms with Crippen molar-refractivity contribution in [1.29, 1.82) is 0 Å². The fraction of sp³-hybridized carbons (Fsp3) is 0.0645. The van der Waals surface area contributed by atoms with E-state index in [1.807, 2.05) is 18.2 Å². The van der Waals surface area contributed by atoms with Gasteiger partial charge in [0.1, 0.15) is 23.0 Å². The van der Waals surface area contributed by atoms with Crippen molar-refractivity contribution in [2.45, 2.75) is 6.42 Å². The van der Waals surface area contributed by atoms with Gasteiger partial charge in [-0.2, -0.15) is 0 Å². The third kappa shape index (κ3) is 5.04. The summed E-state index contributed by atoms with van der Waals surface area (Å²) in [5.41, 5.74) is 5.07. The maximum atomic E-state index is 14.0. The molecular formula is C31H25NO5. The van der Waals surface area contributed by atoms with Crippen LogP contribution in [0.15, 0.2) is 103 Å². The SMILES string of the molecule is O=C1C(c2ccc(O)cc2)=C(c2ccc(O)cc2)C(=Cc2ccc(O)cc2)N1CCc1ccc(O)cc1. The van der Waals surface area contributed by atoms with Crippen LogP contribution in [0.25, 0.3) is 17.2 Å². The number of amides is 1.